The van der Waals surface area contributed by atoms with Crippen molar-refractivity contribution in [3.63, 3.8) is 0 Å². The number of hydrogen-bond donors (Lipinski definition) is 0. The molecule has 2 aromatic rings. The Bertz CT molecular complexity index is 783. The fourth-order valence-corrected chi connectivity index (χ4v) is 4.41. The van der Waals surface area contributed by atoms with Crippen LogP contribution in [0.1, 0.15) is 45.0 Å². The maximum Gasteiger partial charge on any atom is 0.168 e. The molecule has 0 radical (unpaired) electrons. The largest absolute Gasteiger partial charge is 0.376 e. The van der Waals surface area contributed by atoms with E-state index in [1.165, 1.54) is 6.07 Å². The minimum absolute atomic E-state index is 0.153. The summed E-state index contributed by atoms with van der Waals surface area (Å²) < 4.78 is 21.9. The van der Waals surface area contributed by atoms with E-state index in [9.17, 15) is 4.39 Å². The first-order valence-electron chi connectivity index (χ1n) is 10.7. The Morgan fingerprint density at radius 2 is 1.97 bits per heavy atom. The zero-order chi connectivity index (χ0) is 20.2. The summed E-state index contributed by atoms with van der Waals surface area (Å²) in [7, 11) is 0. The van der Waals surface area contributed by atoms with Crippen LogP contribution >= 0.6 is 0 Å². The van der Waals surface area contributed by atoms with Gasteiger partial charge in [-0.3, -0.25) is 4.90 Å². The lowest BCUT2D eigenvalue weighted by Gasteiger charge is -2.40. The molecule has 7 nitrogen and oxygen atoms in total. The van der Waals surface area contributed by atoms with Gasteiger partial charge in [0.15, 0.2) is 5.82 Å². The average Bonchev–Trinajstić information content (AvgIpc) is 3.39. The van der Waals surface area contributed by atoms with Crippen molar-refractivity contribution in [2.45, 2.75) is 51.8 Å². The van der Waals surface area contributed by atoms with Crippen molar-refractivity contribution >= 4 is 5.69 Å². The number of rotatable bonds is 7. The highest BCUT2D eigenvalue weighted by atomic mass is 19.1. The lowest BCUT2D eigenvalue weighted by atomic mass is 10.0. The van der Waals surface area contributed by atoms with E-state index in [-0.39, 0.29) is 18.0 Å². The van der Waals surface area contributed by atoms with Gasteiger partial charge in [-0.25, -0.2) is 9.07 Å². The van der Waals surface area contributed by atoms with Gasteiger partial charge in [0.1, 0.15) is 5.82 Å². The number of halogens is 1. The molecule has 0 bridgehead atoms. The van der Waals surface area contributed by atoms with Gasteiger partial charge in [-0.15, -0.1) is 5.10 Å². The summed E-state index contributed by atoms with van der Waals surface area (Å²) in [6.45, 7) is 9.32. The van der Waals surface area contributed by atoms with Crippen LogP contribution in [-0.4, -0.2) is 64.0 Å². The molecule has 2 saturated heterocycles. The van der Waals surface area contributed by atoms with E-state index < -0.39 is 0 Å². The second kappa shape index (κ2) is 9.17. The van der Waals surface area contributed by atoms with Crippen molar-refractivity contribution < 1.29 is 9.13 Å². The first-order valence-corrected chi connectivity index (χ1v) is 10.7. The summed E-state index contributed by atoms with van der Waals surface area (Å²) >= 11 is 0. The molecule has 0 spiro atoms. The van der Waals surface area contributed by atoms with Crippen LogP contribution in [-0.2, 0) is 11.3 Å². The Kier molecular flexibility index (Phi) is 6.40. The third-order valence-electron chi connectivity index (χ3n) is 5.90. The summed E-state index contributed by atoms with van der Waals surface area (Å²) in [5.74, 6) is 1.30. The van der Waals surface area contributed by atoms with Crippen LogP contribution < -0.4 is 4.90 Å². The van der Waals surface area contributed by atoms with Crippen LogP contribution in [0, 0.1) is 11.7 Å². The second-order valence-electron chi connectivity index (χ2n) is 8.47. The zero-order valence-electron chi connectivity index (χ0n) is 17.4. The van der Waals surface area contributed by atoms with Crippen LogP contribution in [0.15, 0.2) is 24.3 Å². The van der Waals surface area contributed by atoms with Crippen molar-refractivity contribution in [3.05, 3.63) is 35.9 Å². The van der Waals surface area contributed by atoms with Crippen LogP contribution in [0.2, 0.25) is 0 Å². The number of anilines is 1. The van der Waals surface area contributed by atoms with Crippen molar-refractivity contribution in [3.8, 4) is 0 Å². The highest BCUT2D eigenvalue weighted by Gasteiger charge is 2.31. The van der Waals surface area contributed by atoms with Crippen molar-refractivity contribution in [1.82, 2.24) is 25.1 Å². The zero-order valence-corrected chi connectivity index (χ0v) is 17.4. The number of hydrogen-bond acceptors (Lipinski definition) is 6. The van der Waals surface area contributed by atoms with Gasteiger partial charge in [0.05, 0.1) is 24.4 Å². The molecule has 0 saturated carbocycles. The molecule has 158 valence electrons. The maximum absolute atomic E-state index is 14.2. The predicted octanol–water partition coefficient (Wildman–Crippen LogP) is 2.90. The number of ether oxygens (including phenoxy) is 1. The van der Waals surface area contributed by atoms with Gasteiger partial charge in [-0.1, -0.05) is 26.0 Å². The number of para-hydroxylation sites is 1. The van der Waals surface area contributed by atoms with Gasteiger partial charge in [0.25, 0.3) is 0 Å². The Morgan fingerprint density at radius 3 is 2.66 bits per heavy atom. The molecular formula is C21H31FN6O. The van der Waals surface area contributed by atoms with Crippen molar-refractivity contribution in [2.24, 2.45) is 5.92 Å². The molecule has 2 atom stereocenters. The standard InChI is InChI=1S/C21H31FN6O/c1-16(2)14-20(21-23-24-25-28(21)15-17-6-5-13-29-17)27-11-9-26(10-12-27)19-8-4-3-7-18(19)22/h3-4,7-8,16-17,20H,5-6,9-15H2,1-2H3. The summed E-state index contributed by atoms with van der Waals surface area (Å²) in [5.41, 5.74) is 0.691. The number of tetrazole rings is 1. The minimum Gasteiger partial charge on any atom is -0.376 e. The Balaban J connectivity index is 1.47. The second-order valence-corrected chi connectivity index (χ2v) is 8.47. The van der Waals surface area contributed by atoms with Crippen LogP contribution in [0.4, 0.5) is 10.1 Å². The molecular weight excluding hydrogens is 371 g/mol. The molecule has 1 aromatic carbocycles. The normalized spacial score (nSPS) is 21.8. The first kappa shape index (κ1) is 20.2. The predicted molar refractivity (Wildman–Crippen MR) is 109 cm³/mol. The minimum atomic E-state index is -0.153. The SMILES string of the molecule is CC(C)CC(c1nnnn1CC1CCCO1)N1CCN(c2ccccc2F)CC1. The monoisotopic (exact) mass is 402 g/mol. The molecule has 29 heavy (non-hydrogen) atoms. The van der Waals surface area contributed by atoms with E-state index in [1.807, 2.05) is 16.8 Å². The van der Waals surface area contributed by atoms with E-state index in [0.29, 0.717) is 18.2 Å². The summed E-state index contributed by atoms with van der Waals surface area (Å²) in [5, 5.41) is 12.7. The van der Waals surface area contributed by atoms with Crippen molar-refractivity contribution in [2.75, 3.05) is 37.7 Å². The Morgan fingerprint density at radius 1 is 1.17 bits per heavy atom. The van der Waals surface area contributed by atoms with Crippen molar-refractivity contribution in [1.29, 1.82) is 0 Å². The number of piperazine rings is 1. The number of benzene rings is 1. The molecule has 2 fully saturated rings. The number of aromatic nitrogens is 4. The first-order chi connectivity index (χ1) is 14.1. The van der Waals surface area contributed by atoms with Gasteiger partial charge in [0, 0.05) is 32.8 Å². The van der Waals surface area contributed by atoms with E-state index in [0.717, 1.165) is 57.9 Å². The van der Waals surface area contributed by atoms with Gasteiger partial charge in [-0.05, 0) is 47.7 Å². The van der Waals surface area contributed by atoms with Crippen LogP contribution in [0.5, 0.6) is 0 Å². The summed E-state index contributed by atoms with van der Waals surface area (Å²) in [4.78, 5) is 4.59. The fourth-order valence-electron chi connectivity index (χ4n) is 4.41. The summed E-state index contributed by atoms with van der Waals surface area (Å²) in [6, 6.07) is 7.18. The van der Waals surface area contributed by atoms with Gasteiger partial charge in [0.2, 0.25) is 0 Å². The van der Waals surface area contributed by atoms with E-state index in [4.69, 9.17) is 4.74 Å². The van der Waals surface area contributed by atoms with Gasteiger partial charge >= 0.3 is 0 Å². The number of nitrogens with zero attached hydrogens (tertiary/aromatic N) is 6. The topological polar surface area (TPSA) is 59.3 Å². The molecule has 4 rings (SSSR count). The molecule has 1 aromatic heterocycles. The third-order valence-corrected chi connectivity index (χ3v) is 5.90. The van der Waals surface area contributed by atoms with Crippen LogP contribution in [0.3, 0.4) is 0 Å². The third kappa shape index (κ3) is 4.75. The molecule has 3 heterocycles. The molecule has 2 aliphatic heterocycles. The highest BCUT2D eigenvalue weighted by Crippen LogP contribution is 2.29. The lowest BCUT2D eigenvalue weighted by Crippen LogP contribution is -2.48. The van der Waals surface area contributed by atoms with Gasteiger partial charge < -0.3 is 9.64 Å². The molecule has 0 aliphatic carbocycles. The lowest BCUT2D eigenvalue weighted by molar-refractivity contribution is 0.0884. The quantitative estimate of drug-likeness (QED) is 0.710. The highest BCUT2D eigenvalue weighted by molar-refractivity contribution is 5.48. The van der Waals surface area contributed by atoms with E-state index >= 15 is 0 Å². The van der Waals surface area contributed by atoms with Crippen LogP contribution in [0.25, 0.3) is 0 Å². The smallest absolute Gasteiger partial charge is 0.168 e. The summed E-state index contributed by atoms with van der Waals surface area (Å²) in [6.07, 6.45) is 3.37. The maximum atomic E-state index is 14.2. The average molecular weight is 403 g/mol. The molecule has 0 N–H and O–H groups in total. The molecule has 2 unspecified atom stereocenters. The van der Waals surface area contributed by atoms with Gasteiger partial charge in [-0.2, -0.15) is 0 Å². The van der Waals surface area contributed by atoms with E-state index in [2.05, 4.69) is 39.2 Å². The fraction of sp³-hybridized carbons (Fsp3) is 0.667. The molecule has 0 amide bonds. The Labute approximate surface area is 171 Å². The molecule has 8 heteroatoms. The molecule has 2 aliphatic rings. The Hall–Kier alpha value is -2.06. The van der Waals surface area contributed by atoms with E-state index in [1.54, 1.807) is 6.07 Å².